The summed E-state index contributed by atoms with van der Waals surface area (Å²) in [4.78, 5) is 9.50. The van der Waals surface area contributed by atoms with Crippen molar-refractivity contribution in [3.63, 3.8) is 0 Å². The van der Waals surface area contributed by atoms with Crippen LogP contribution < -0.4 is 10.6 Å². The highest BCUT2D eigenvalue weighted by molar-refractivity contribution is 5.79. The molecule has 2 N–H and O–H groups in total. The van der Waals surface area contributed by atoms with Crippen LogP contribution in [-0.2, 0) is 9.47 Å². The molecule has 1 atom stereocenters. The molecule has 4 aliphatic heterocycles. The summed E-state index contributed by atoms with van der Waals surface area (Å²) < 4.78 is 11.2. The fraction of sp³-hybridized carbons (Fsp3) is 0.944. The van der Waals surface area contributed by atoms with Gasteiger partial charge in [0.25, 0.3) is 0 Å². The second kappa shape index (κ2) is 10.3. The summed E-state index contributed by atoms with van der Waals surface area (Å²) in [5.74, 6) is 1.59. The average Bonchev–Trinajstić information content (AvgIpc) is 2.68. The van der Waals surface area contributed by atoms with E-state index in [1.165, 1.54) is 32.7 Å². The molecule has 1 unspecified atom stereocenters. The molecule has 0 aliphatic carbocycles. The molecule has 0 aromatic heterocycles. The van der Waals surface area contributed by atoms with Crippen molar-refractivity contribution in [2.24, 2.45) is 10.9 Å². The zero-order valence-corrected chi connectivity index (χ0v) is 15.7. The molecule has 0 spiro atoms. The van der Waals surface area contributed by atoms with Gasteiger partial charge in [-0.1, -0.05) is 0 Å². The van der Waals surface area contributed by atoms with E-state index in [0.717, 1.165) is 64.7 Å². The number of ether oxygens (including phenoxy) is 2. The first-order chi connectivity index (χ1) is 12.3. The van der Waals surface area contributed by atoms with E-state index in [2.05, 4.69) is 25.4 Å². The Balaban J connectivity index is 1.22. The molecule has 7 heteroatoms. The Morgan fingerprint density at radius 2 is 1.96 bits per heavy atom. The third-order valence-corrected chi connectivity index (χ3v) is 5.57. The van der Waals surface area contributed by atoms with Crippen LogP contribution in [0.5, 0.6) is 0 Å². The van der Waals surface area contributed by atoms with Crippen LogP contribution in [-0.4, -0.2) is 101 Å². The molecule has 144 valence electrons. The number of hydrogen-bond donors (Lipinski definition) is 2. The summed E-state index contributed by atoms with van der Waals surface area (Å²) in [5, 5.41) is 6.88. The van der Waals surface area contributed by atoms with E-state index in [-0.39, 0.29) is 0 Å². The highest BCUT2D eigenvalue weighted by Crippen LogP contribution is 2.15. The Morgan fingerprint density at radius 3 is 2.64 bits per heavy atom. The molecular weight excluding hydrogens is 318 g/mol. The van der Waals surface area contributed by atoms with Gasteiger partial charge in [-0.05, 0) is 25.2 Å². The third kappa shape index (κ3) is 6.09. The molecule has 4 saturated heterocycles. The van der Waals surface area contributed by atoms with Gasteiger partial charge in [0, 0.05) is 85.3 Å². The number of nitrogens with zero attached hydrogens (tertiary/aromatic N) is 3. The SMILES string of the molecule is CN=C(NCCCOCC1CCOCC1)NCC1CN2CCN1CC2. The maximum atomic E-state index is 5.81. The lowest BCUT2D eigenvalue weighted by Crippen LogP contribution is -2.63. The lowest BCUT2D eigenvalue weighted by molar-refractivity contribution is 0.0154. The van der Waals surface area contributed by atoms with Crippen molar-refractivity contribution in [2.75, 3.05) is 79.3 Å². The van der Waals surface area contributed by atoms with Gasteiger partial charge in [0.05, 0.1) is 0 Å². The van der Waals surface area contributed by atoms with E-state index in [1.807, 2.05) is 7.05 Å². The van der Waals surface area contributed by atoms with E-state index >= 15 is 0 Å². The van der Waals surface area contributed by atoms with E-state index < -0.39 is 0 Å². The van der Waals surface area contributed by atoms with Crippen molar-refractivity contribution in [3.05, 3.63) is 0 Å². The largest absolute Gasteiger partial charge is 0.381 e. The normalized spacial score (nSPS) is 30.4. The maximum Gasteiger partial charge on any atom is 0.191 e. The monoisotopic (exact) mass is 353 g/mol. The van der Waals surface area contributed by atoms with Crippen molar-refractivity contribution < 1.29 is 9.47 Å². The predicted molar refractivity (Wildman–Crippen MR) is 100 cm³/mol. The van der Waals surface area contributed by atoms with Crippen molar-refractivity contribution in [1.82, 2.24) is 20.4 Å². The van der Waals surface area contributed by atoms with Crippen LogP contribution >= 0.6 is 0 Å². The van der Waals surface area contributed by atoms with Crippen molar-refractivity contribution in [1.29, 1.82) is 0 Å². The zero-order valence-electron chi connectivity index (χ0n) is 15.7. The lowest BCUT2D eigenvalue weighted by Gasteiger charge is -2.47. The minimum atomic E-state index is 0.615. The molecule has 7 nitrogen and oxygen atoms in total. The Hall–Kier alpha value is -0.890. The van der Waals surface area contributed by atoms with Gasteiger partial charge >= 0.3 is 0 Å². The topological polar surface area (TPSA) is 61.4 Å². The van der Waals surface area contributed by atoms with Gasteiger partial charge < -0.3 is 20.1 Å². The highest BCUT2D eigenvalue weighted by atomic mass is 16.5. The quantitative estimate of drug-likeness (QED) is 0.363. The molecule has 2 bridgehead atoms. The Bertz CT molecular complexity index is 406. The van der Waals surface area contributed by atoms with Crippen LogP contribution in [0.15, 0.2) is 4.99 Å². The van der Waals surface area contributed by atoms with Gasteiger partial charge in [-0.2, -0.15) is 0 Å². The molecule has 4 rings (SSSR count). The lowest BCUT2D eigenvalue weighted by atomic mass is 10.0. The molecule has 0 amide bonds. The summed E-state index contributed by atoms with van der Waals surface area (Å²) in [5.41, 5.74) is 0. The zero-order chi connectivity index (χ0) is 17.3. The van der Waals surface area contributed by atoms with Crippen LogP contribution in [0.4, 0.5) is 0 Å². The van der Waals surface area contributed by atoms with Gasteiger partial charge in [0.15, 0.2) is 5.96 Å². The summed E-state index contributed by atoms with van der Waals surface area (Å²) >= 11 is 0. The molecule has 0 saturated carbocycles. The second-order valence-electron chi connectivity index (χ2n) is 7.35. The third-order valence-electron chi connectivity index (χ3n) is 5.57. The smallest absolute Gasteiger partial charge is 0.191 e. The molecule has 25 heavy (non-hydrogen) atoms. The molecule has 0 aromatic carbocycles. The van der Waals surface area contributed by atoms with E-state index in [4.69, 9.17) is 9.47 Å². The summed E-state index contributed by atoms with van der Waals surface area (Å²) in [7, 11) is 1.84. The van der Waals surface area contributed by atoms with Gasteiger partial charge in [-0.3, -0.25) is 14.8 Å². The van der Waals surface area contributed by atoms with Crippen LogP contribution in [0, 0.1) is 5.92 Å². The minimum absolute atomic E-state index is 0.615. The van der Waals surface area contributed by atoms with Gasteiger partial charge in [-0.15, -0.1) is 0 Å². The number of fused-ring (bicyclic) bond motifs is 3. The van der Waals surface area contributed by atoms with E-state index in [1.54, 1.807) is 0 Å². The van der Waals surface area contributed by atoms with Crippen LogP contribution in [0.25, 0.3) is 0 Å². The number of nitrogens with one attached hydrogen (secondary N) is 2. The van der Waals surface area contributed by atoms with E-state index in [9.17, 15) is 0 Å². The van der Waals surface area contributed by atoms with Gasteiger partial charge in [0.1, 0.15) is 0 Å². The molecule has 4 heterocycles. The number of piperazine rings is 3. The summed E-state index contributed by atoms with van der Waals surface area (Å²) in [6, 6.07) is 0.615. The first-order valence-corrected chi connectivity index (χ1v) is 9.91. The molecular formula is C18H35N5O2. The van der Waals surface area contributed by atoms with Crippen molar-refractivity contribution in [2.45, 2.75) is 25.3 Å². The fourth-order valence-corrected chi connectivity index (χ4v) is 3.90. The first kappa shape index (κ1) is 18.9. The number of aliphatic imine (C=N–C) groups is 1. The van der Waals surface area contributed by atoms with E-state index in [0.29, 0.717) is 12.0 Å². The molecule has 4 aliphatic rings. The van der Waals surface area contributed by atoms with Gasteiger partial charge in [0.2, 0.25) is 0 Å². The maximum absolute atomic E-state index is 5.81. The van der Waals surface area contributed by atoms with Crippen molar-refractivity contribution >= 4 is 5.96 Å². The fourth-order valence-electron chi connectivity index (χ4n) is 3.90. The number of guanidine groups is 1. The van der Waals surface area contributed by atoms with Crippen LogP contribution in [0.3, 0.4) is 0 Å². The summed E-state index contributed by atoms with van der Waals surface area (Å²) in [6.45, 7) is 11.4. The Kier molecular flexibility index (Phi) is 7.79. The standard InChI is InChI=1S/C18H35N5O2/c1-19-18(21-13-17-14-22-6-8-23(17)9-7-22)20-5-2-10-25-15-16-3-11-24-12-4-16/h16-17H,2-15H2,1H3,(H2,19,20,21). The Labute approximate surface area is 152 Å². The van der Waals surface area contributed by atoms with Crippen LogP contribution in [0.2, 0.25) is 0 Å². The van der Waals surface area contributed by atoms with Gasteiger partial charge in [-0.25, -0.2) is 0 Å². The van der Waals surface area contributed by atoms with Crippen LogP contribution in [0.1, 0.15) is 19.3 Å². The minimum Gasteiger partial charge on any atom is -0.381 e. The predicted octanol–water partition coefficient (Wildman–Crippen LogP) is -0.0155. The first-order valence-electron chi connectivity index (χ1n) is 9.91. The molecule has 0 aromatic rings. The second-order valence-corrected chi connectivity index (χ2v) is 7.35. The number of hydrogen-bond acceptors (Lipinski definition) is 5. The number of rotatable bonds is 8. The molecule has 4 fully saturated rings. The highest BCUT2D eigenvalue weighted by Gasteiger charge is 2.31. The van der Waals surface area contributed by atoms with Crippen molar-refractivity contribution in [3.8, 4) is 0 Å². The molecule has 0 radical (unpaired) electrons. The summed E-state index contributed by atoms with van der Waals surface area (Å²) in [6.07, 6.45) is 3.29. The average molecular weight is 354 g/mol. The Morgan fingerprint density at radius 1 is 1.16 bits per heavy atom.